The molecule has 0 atom stereocenters. The molecule has 0 unspecified atom stereocenters. The summed E-state index contributed by atoms with van der Waals surface area (Å²) in [6.45, 7) is 3.93. The highest BCUT2D eigenvalue weighted by atomic mass is 16.5. The van der Waals surface area contributed by atoms with Crippen LogP contribution >= 0.6 is 0 Å². The average molecular weight is 1110 g/mol. The summed E-state index contributed by atoms with van der Waals surface area (Å²) in [4.78, 5) is 143. The summed E-state index contributed by atoms with van der Waals surface area (Å²) in [6.07, 6.45) is 0.688. The number of benzene rings is 8. The van der Waals surface area contributed by atoms with Crippen molar-refractivity contribution < 1.29 is 52.7 Å². The van der Waals surface area contributed by atoms with Crippen LogP contribution in [0, 0.1) is 6.92 Å². The summed E-state index contributed by atoms with van der Waals surface area (Å²) >= 11 is 0. The van der Waals surface area contributed by atoms with Crippen molar-refractivity contribution in [3.8, 4) is 11.5 Å². The molecular formula is C67H48N6O11. The van der Waals surface area contributed by atoms with Crippen LogP contribution in [0.3, 0.4) is 0 Å². The van der Waals surface area contributed by atoms with Crippen LogP contribution in [0.2, 0.25) is 0 Å². The number of amides is 8. The van der Waals surface area contributed by atoms with E-state index < -0.39 is 41.2 Å². The fraction of sp³-hybridized carbons (Fsp3) is 0.134. The third-order valence-electron chi connectivity index (χ3n) is 16.3. The van der Waals surface area contributed by atoms with E-state index in [1.807, 2.05) is 48.3 Å². The Balaban J connectivity index is 0.776. The average Bonchev–Trinajstić information content (AvgIpc) is 3.11. The highest BCUT2D eigenvalue weighted by Gasteiger charge is 2.40. The topological polar surface area (TPSA) is 199 Å². The van der Waals surface area contributed by atoms with Crippen molar-refractivity contribution in [1.82, 2.24) is 14.7 Å². The lowest BCUT2D eigenvalue weighted by atomic mass is 9.96. The molecule has 0 N–H and O–H groups in total. The van der Waals surface area contributed by atoms with Crippen LogP contribution in [0.15, 0.2) is 152 Å². The number of ether oxygens (including phenoxy) is 1. The minimum absolute atomic E-state index is 0.0762. The molecule has 13 rings (SSSR count). The van der Waals surface area contributed by atoms with Gasteiger partial charge in [0.2, 0.25) is 6.41 Å². The summed E-state index contributed by atoms with van der Waals surface area (Å²) in [5.41, 5.74) is 9.85. The fourth-order valence-corrected chi connectivity index (χ4v) is 11.8. The first-order valence-electron chi connectivity index (χ1n) is 26.9. The van der Waals surface area contributed by atoms with Gasteiger partial charge < -0.3 is 9.64 Å². The molecule has 8 aromatic carbocycles. The predicted molar refractivity (Wildman–Crippen MR) is 308 cm³/mol. The van der Waals surface area contributed by atoms with Gasteiger partial charge in [0, 0.05) is 74.2 Å². The number of imide groups is 4. The third kappa shape index (κ3) is 8.76. The number of rotatable bonds is 13. The predicted octanol–water partition coefficient (Wildman–Crippen LogP) is 9.36. The van der Waals surface area contributed by atoms with Gasteiger partial charge in [0.15, 0.2) is 11.6 Å². The van der Waals surface area contributed by atoms with Gasteiger partial charge in [-0.3, -0.25) is 62.6 Å². The van der Waals surface area contributed by atoms with Crippen LogP contribution < -0.4 is 19.4 Å². The quantitative estimate of drug-likeness (QED) is 0.0602. The van der Waals surface area contributed by atoms with Crippen LogP contribution in [0.4, 0.5) is 17.1 Å². The number of fused-ring (bicyclic) bond motifs is 5. The summed E-state index contributed by atoms with van der Waals surface area (Å²) in [5, 5.41) is 0. The van der Waals surface area contributed by atoms with Crippen LogP contribution in [-0.2, 0) is 37.4 Å². The highest BCUT2D eigenvalue weighted by Crippen LogP contribution is 2.43. The summed E-state index contributed by atoms with van der Waals surface area (Å²) in [7, 11) is 4.84. The maximum Gasteiger partial charge on any atom is 0.266 e. The summed E-state index contributed by atoms with van der Waals surface area (Å²) in [5.74, 6) is -3.53. The monoisotopic (exact) mass is 1110 g/mol. The second-order valence-electron chi connectivity index (χ2n) is 21.7. The zero-order chi connectivity index (χ0) is 58.6. The zero-order valence-electron chi connectivity index (χ0n) is 45.7. The maximum absolute atomic E-state index is 14.7. The normalized spacial score (nSPS) is 15.0. The molecule has 5 heterocycles. The molecule has 0 bridgehead atoms. The SMILES string of the molecule is Cc1ccc(C(=O)c2ccc3c(c2)C(=O)N(C)C3=O)cc1C(=O)N(C=O)c1ccc(Oc2ccc(N3C(=O)c4ccc(Cc5ccc6c(c5)C(=O)N(C)C6=O)cc4C3=O)c(N3Cc4ccc(C(=O)c5ccc6c(c5)CN(C)C6)cc4C3)c2)cc1. The van der Waals surface area contributed by atoms with Gasteiger partial charge in [-0.05, 0) is 150 Å². The van der Waals surface area contributed by atoms with E-state index in [1.165, 1.54) is 62.1 Å². The van der Waals surface area contributed by atoms with Crippen molar-refractivity contribution in [3.05, 3.63) is 252 Å². The Bertz CT molecular complexity index is 4360. The van der Waals surface area contributed by atoms with Gasteiger partial charge in [0.1, 0.15) is 11.5 Å². The molecule has 0 aliphatic carbocycles. The van der Waals surface area contributed by atoms with E-state index in [1.54, 1.807) is 79.7 Å². The maximum atomic E-state index is 14.7. The molecule has 8 amide bonds. The van der Waals surface area contributed by atoms with Crippen molar-refractivity contribution in [2.24, 2.45) is 0 Å². The van der Waals surface area contributed by atoms with Crippen molar-refractivity contribution >= 4 is 76.4 Å². The molecule has 0 spiro atoms. The van der Waals surface area contributed by atoms with Gasteiger partial charge in [-0.1, -0.05) is 54.6 Å². The van der Waals surface area contributed by atoms with E-state index in [4.69, 9.17) is 4.74 Å². The van der Waals surface area contributed by atoms with E-state index in [0.29, 0.717) is 76.5 Å². The lowest BCUT2D eigenvalue weighted by molar-refractivity contribution is -0.107. The van der Waals surface area contributed by atoms with Crippen LogP contribution in [0.5, 0.6) is 11.5 Å². The minimum Gasteiger partial charge on any atom is -0.457 e. The first kappa shape index (κ1) is 52.6. The van der Waals surface area contributed by atoms with Crippen LogP contribution in [-0.4, -0.2) is 95.2 Å². The van der Waals surface area contributed by atoms with Crippen molar-refractivity contribution in [2.45, 2.75) is 39.5 Å². The van der Waals surface area contributed by atoms with Gasteiger partial charge in [-0.25, -0.2) is 9.80 Å². The Labute approximate surface area is 480 Å². The van der Waals surface area contributed by atoms with Gasteiger partial charge in [-0.2, -0.15) is 0 Å². The Morgan fingerprint density at radius 2 is 0.940 bits per heavy atom. The first-order valence-corrected chi connectivity index (χ1v) is 26.9. The number of anilines is 3. The molecule has 84 heavy (non-hydrogen) atoms. The van der Waals surface area contributed by atoms with Gasteiger partial charge in [-0.15, -0.1) is 0 Å². The largest absolute Gasteiger partial charge is 0.457 e. The second kappa shape index (κ2) is 20.0. The molecule has 5 aliphatic heterocycles. The van der Waals surface area contributed by atoms with Crippen molar-refractivity contribution in [3.63, 3.8) is 0 Å². The molecule has 0 fully saturated rings. The standard InChI is InChI=1S/C67H48N6O11/c1-36-5-8-41(60(76)42-13-21-51-56(29-42)64(80)70(4)62(51)78)28-53(36)65(81)72(35-74)47-14-16-48(17-15-47)84-49-18-22-57(58(30-49)71-33-44-12-10-40(27-46(44)34-71)59(75)39-9-11-43-31-68(2)32-45(43)26-39)73-66(82)52-20-7-38(25-55(52)67(73)83)23-37-6-19-50-54(24-37)63(79)69(3)61(50)77/h5-22,24-30,35H,23,31-34H2,1-4H3. The second-order valence-corrected chi connectivity index (χ2v) is 21.7. The van der Waals surface area contributed by atoms with E-state index in [0.717, 1.165) is 54.9 Å². The molecular weight excluding hydrogens is 1060 g/mol. The van der Waals surface area contributed by atoms with Gasteiger partial charge in [0.25, 0.3) is 41.4 Å². The number of hydrogen-bond acceptors (Lipinski definition) is 13. The fourth-order valence-electron chi connectivity index (χ4n) is 11.8. The van der Waals surface area contributed by atoms with E-state index in [-0.39, 0.29) is 62.0 Å². The summed E-state index contributed by atoms with van der Waals surface area (Å²) < 4.78 is 6.43. The lowest BCUT2D eigenvalue weighted by Gasteiger charge is -2.26. The van der Waals surface area contributed by atoms with Gasteiger partial charge >= 0.3 is 0 Å². The van der Waals surface area contributed by atoms with E-state index in [9.17, 15) is 47.9 Å². The molecule has 8 aromatic rings. The minimum atomic E-state index is -0.713. The van der Waals surface area contributed by atoms with Crippen LogP contribution in [0.1, 0.15) is 143 Å². The molecule has 0 radical (unpaired) electrons. The Hall–Kier alpha value is -10.8. The van der Waals surface area contributed by atoms with E-state index in [2.05, 4.69) is 4.90 Å². The molecule has 0 saturated heterocycles. The van der Waals surface area contributed by atoms with Crippen molar-refractivity contribution in [1.29, 1.82) is 0 Å². The lowest BCUT2D eigenvalue weighted by Crippen LogP contribution is -2.31. The first-order chi connectivity index (χ1) is 40.4. The summed E-state index contributed by atoms with van der Waals surface area (Å²) in [6, 6.07) is 41.5. The number of nitrogens with zero attached hydrogens (tertiary/aromatic N) is 6. The van der Waals surface area contributed by atoms with Crippen molar-refractivity contribution in [2.75, 3.05) is 35.8 Å². The Morgan fingerprint density at radius 1 is 0.464 bits per heavy atom. The van der Waals surface area contributed by atoms with Crippen LogP contribution in [0.25, 0.3) is 0 Å². The molecule has 0 saturated carbocycles. The van der Waals surface area contributed by atoms with Gasteiger partial charge in [0.05, 0.1) is 50.4 Å². The molecule has 0 aromatic heterocycles. The number of aryl methyl sites for hydroxylation is 1. The smallest absolute Gasteiger partial charge is 0.266 e. The van der Waals surface area contributed by atoms with E-state index >= 15 is 0 Å². The molecule has 5 aliphatic rings. The number of carbonyl (C=O) groups excluding carboxylic acids is 10. The molecule has 17 heteroatoms. The Morgan fingerprint density at radius 3 is 1.58 bits per heavy atom. The molecule has 412 valence electrons. The highest BCUT2D eigenvalue weighted by molar-refractivity contribution is 6.35. The number of hydrogen-bond donors (Lipinski definition) is 0. The number of ketones is 2. The number of carbonyl (C=O) groups is 10. The molecule has 17 nitrogen and oxygen atoms in total. The zero-order valence-corrected chi connectivity index (χ0v) is 45.7. The third-order valence-corrected chi connectivity index (χ3v) is 16.3. The Kier molecular flexibility index (Phi) is 12.5.